The Balaban J connectivity index is 1.41. The number of nitrogens with zero attached hydrogens (tertiary/aromatic N) is 5. The summed E-state index contributed by atoms with van der Waals surface area (Å²) in [5.41, 5.74) is 3.86. The molecule has 0 amide bonds. The predicted octanol–water partition coefficient (Wildman–Crippen LogP) is 3.73. The van der Waals surface area contributed by atoms with Crippen LogP contribution in [0, 0.1) is 6.92 Å². The lowest BCUT2D eigenvalue weighted by Gasteiger charge is -2.10. The second-order valence-corrected chi connectivity index (χ2v) is 6.41. The molecule has 0 fully saturated rings. The van der Waals surface area contributed by atoms with Gasteiger partial charge in [-0.15, -0.1) is 0 Å². The second kappa shape index (κ2) is 7.51. The Morgan fingerprint density at radius 2 is 1.78 bits per heavy atom. The van der Waals surface area contributed by atoms with Gasteiger partial charge in [0.2, 0.25) is 11.7 Å². The van der Waals surface area contributed by atoms with Crippen LogP contribution in [0.15, 0.2) is 63.9 Å². The minimum atomic E-state index is 0.518. The van der Waals surface area contributed by atoms with Crippen LogP contribution in [0.4, 0.5) is 0 Å². The van der Waals surface area contributed by atoms with Crippen LogP contribution in [0.2, 0.25) is 0 Å². The largest absolute Gasteiger partial charge is 0.359 e. The molecule has 1 aromatic carbocycles. The molecule has 4 aromatic rings. The quantitative estimate of drug-likeness (QED) is 0.517. The Morgan fingerprint density at radius 1 is 0.963 bits per heavy atom. The minimum absolute atomic E-state index is 0.518. The van der Waals surface area contributed by atoms with E-state index in [0.717, 1.165) is 28.1 Å². The third kappa shape index (κ3) is 3.93. The van der Waals surface area contributed by atoms with Gasteiger partial charge in [0, 0.05) is 29.6 Å². The predicted molar refractivity (Wildman–Crippen MR) is 99.4 cm³/mol. The van der Waals surface area contributed by atoms with E-state index in [1.165, 1.54) is 0 Å². The zero-order valence-corrected chi connectivity index (χ0v) is 15.2. The lowest BCUT2D eigenvalue weighted by Crippen LogP contribution is -2.17. The minimum Gasteiger partial charge on any atom is -0.359 e. The monoisotopic (exact) mass is 361 g/mol. The summed E-state index contributed by atoms with van der Waals surface area (Å²) < 4.78 is 10.8. The van der Waals surface area contributed by atoms with Gasteiger partial charge >= 0.3 is 0 Å². The van der Waals surface area contributed by atoms with E-state index in [1.807, 2.05) is 61.3 Å². The van der Waals surface area contributed by atoms with Crippen LogP contribution >= 0.6 is 0 Å². The van der Waals surface area contributed by atoms with Crippen molar-refractivity contribution >= 4 is 0 Å². The summed E-state index contributed by atoms with van der Waals surface area (Å²) in [6, 6.07) is 13.7. The van der Waals surface area contributed by atoms with Crippen LogP contribution in [0.25, 0.3) is 22.6 Å². The molecule has 0 unspecified atom stereocenters. The Kier molecular flexibility index (Phi) is 4.76. The van der Waals surface area contributed by atoms with Gasteiger partial charge in [-0.2, -0.15) is 4.98 Å². The molecule has 27 heavy (non-hydrogen) atoms. The Bertz CT molecular complexity index is 1030. The average Bonchev–Trinajstić information content (AvgIpc) is 3.33. The van der Waals surface area contributed by atoms with Gasteiger partial charge in [-0.1, -0.05) is 34.6 Å². The van der Waals surface area contributed by atoms with E-state index < -0.39 is 0 Å². The van der Waals surface area contributed by atoms with E-state index in [9.17, 15) is 0 Å². The highest BCUT2D eigenvalue weighted by atomic mass is 16.5. The summed E-state index contributed by atoms with van der Waals surface area (Å²) in [6.07, 6.45) is 3.47. The third-order valence-corrected chi connectivity index (χ3v) is 4.22. The first-order chi connectivity index (χ1) is 13.2. The summed E-state index contributed by atoms with van der Waals surface area (Å²) in [6.45, 7) is 3.13. The number of hydrogen-bond donors (Lipinski definition) is 0. The molecule has 0 N–H and O–H groups in total. The van der Waals surface area contributed by atoms with Crippen molar-refractivity contribution in [1.29, 1.82) is 0 Å². The van der Waals surface area contributed by atoms with E-state index in [1.54, 1.807) is 12.4 Å². The molecule has 0 aliphatic rings. The summed E-state index contributed by atoms with van der Waals surface area (Å²) >= 11 is 0. The maximum absolute atomic E-state index is 5.44. The van der Waals surface area contributed by atoms with E-state index in [4.69, 9.17) is 9.05 Å². The maximum Gasteiger partial charge on any atom is 0.241 e. The van der Waals surface area contributed by atoms with Crippen molar-refractivity contribution in [3.63, 3.8) is 0 Å². The highest BCUT2D eigenvalue weighted by Crippen LogP contribution is 2.21. The Morgan fingerprint density at radius 3 is 2.59 bits per heavy atom. The topological polar surface area (TPSA) is 81.1 Å². The smallest absolute Gasteiger partial charge is 0.241 e. The van der Waals surface area contributed by atoms with Crippen LogP contribution in [0.1, 0.15) is 17.2 Å². The molecule has 0 saturated heterocycles. The molecule has 0 radical (unpaired) electrons. The first kappa shape index (κ1) is 17.1. The number of aryl methyl sites for hydroxylation is 1. The molecular formula is C20H19N5O2. The first-order valence-corrected chi connectivity index (χ1v) is 8.62. The fourth-order valence-corrected chi connectivity index (χ4v) is 2.85. The third-order valence-electron chi connectivity index (χ3n) is 4.22. The normalized spacial score (nSPS) is 11.2. The van der Waals surface area contributed by atoms with Crippen LogP contribution in [-0.2, 0) is 13.1 Å². The molecule has 0 bridgehead atoms. The number of benzene rings is 1. The zero-order valence-electron chi connectivity index (χ0n) is 15.2. The van der Waals surface area contributed by atoms with Crippen molar-refractivity contribution in [2.45, 2.75) is 20.0 Å². The van der Waals surface area contributed by atoms with Gasteiger partial charge in [0.25, 0.3) is 0 Å². The van der Waals surface area contributed by atoms with E-state index in [2.05, 4.69) is 20.3 Å². The van der Waals surface area contributed by atoms with Crippen molar-refractivity contribution in [3.8, 4) is 22.6 Å². The lowest BCUT2D eigenvalue weighted by atomic mass is 10.1. The summed E-state index contributed by atoms with van der Waals surface area (Å²) in [5, 5.41) is 8.22. The first-order valence-electron chi connectivity index (χ1n) is 8.62. The zero-order chi connectivity index (χ0) is 18.6. The summed E-state index contributed by atoms with van der Waals surface area (Å²) in [7, 11) is 1.96. The standard InChI is InChI=1S/C20H19N5O2/c1-14-5-3-4-6-17(14)20-22-19(27-24-20)13-25(2)12-16-11-18(23-26-16)15-7-9-21-10-8-15/h3-11H,12-13H2,1-2H3. The van der Waals surface area contributed by atoms with Crippen LogP contribution in [0.5, 0.6) is 0 Å². The van der Waals surface area contributed by atoms with Gasteiger partial charge < -0.3 is 9.05 Å². The SMILES string of the molecule is Cc1ccccc1-c1noc(CN(C)Cc2cc(-c3ccncc3)no2)n1. The molecule has 7 nitrogen and oxygen atoms in total. The lowest BCUT2D eigenvalue weighted by molar-refractivity contribution is 0.234. The van der Waals surface area contributed by atoms with E-state index in [-0.39, 0.29) is 0 Å². The van der Waals surface area contributed by atoms with Crippen LogP contribution in [-0.4, -0.2) is 32.2 Å². The Hall–Kier alpha value is -3.32. The van der Waals surface area contributed by atoms with Gasteiger partial charge in [-0.25, -0.2) is 0 Å². The number of rotatable bonds is 6. The Labute approximate surface area is 156 Å². The molecule has 3 aromatic heterocycles. The fourth-order valence-electron chi connectivity index (χ4n) is 2.85. The van der Waals surface area contributed by atoms with Crippen molar-refractivity contribution in [3.05, 3.63) is 72.1 Å². The van der Waals surface area contributed by atoms with Crippen LogP contribution in [0.3, 0.4) is 0 Å². The average molecular weight is 361 g/mol. The molecule has 136 valence electrons. The van der Waals surface area contributed by atoms with Crippen LogP contribution < -0.4 is 0 Å². The molecule has 7 heteroatoms. The number of hydrogen-bond acceptors (Lipinski definition) is 7. The highest BCUT2D eigenvalue weighted by Gasteiger charge is 2.14. The molecular weight excluding hydrogens is 342 g/mol. The molecule has 3 heterocycles. The molecule has 0 saturated carbocycles. The second-order valence-electron chi connectivity index (χ2n) is 6.41. The van der Waals surface area contributed by atoms with Crippen molar-refractivity contribution in [1.82, 2.24) is 25.2 Å². The van der Waals surface area contributed by atoms with Crippen molar-refractivity contribution in [2.75, 3.05) is 7.05 Å². The highest BCUT2D eigenvalue weighted by molar-refractivity contribution is 5.59. The molecule has 0 atom stereocenters. The number of pyridine rings is 1. The summed E-state index contributed by atoms with van der Waals surface area (Å²) in [5.74, 6) is 1.93. The van der Waals surface area contributed by atoms with Crippen molar-refractivity contribution in [2.24, 2.45) is 0 Å². The molecule has 0 aliphatic heterocycles. The van der Waals surface area contributed by atoms with Crippen molar-refractivity contribution < 1.29 is 9.05 Å². The van der Waals surface area contributed by atoms with Gasteiger partial charge in [0.15, 0.2) is 5.76 Å². The van der Waals surface area contributed by atoms with Gasteiger partial charge in [-0.3, -0.25) is 9.88 Å². The fraction of sp³-hybridized carbons (Fsp3) is 0.200. The van der Waals surface area contributed by atoms with Gasteiger partial charge in [-0.05, 0) is 31.7 Å². The summed E-state index contributed by atoms with van der Waals surface area (Å²) in [4.78, 5) is 10.5. The van der Waals surface area contributed by atoms with E-state index in [0.29, 0.717) is 24.8 Å². The van der Waals surface area contributed by atoms with Gasteiger partial charge in [0.05, 0.1) is 13.1 Å². The van der Waals surface area contributed by atoms with E-state index >= 15 is 0 Å². The maximum atomic E-state index is 5.44. The molecule has 4 rings (SSSR count). The van der Waals surface area contributed by atoms with Gasteiger partial charge in [0.1, 0.15) is 5.69 Å². The molecule has 0 spiro atoms. The number of aromatic nitrogens is 4. The molecule has 0 aliphatic carbocycles.